The fraction of sp³-hybridized carbons (Fsp3) is 0.632. The molecule has 2 rings (SSSR count). The van der Waals surface area contributed by atoms with Gasteiger partial charge in [-0.3, -0.25) is 4.79 Å². The first-order valence-corrected chi connectivity index (χ1v) is 9.10. The molecule has 0 atom stereocenters. The van der Waals surface area contributed by atoms with E-state index in [1.54, 1.807) is 12.1 Å². The lowest BCUT2D eigenvalue weighted by Crippen LogP contribution is -2.37. The smallest absolute Gasteiger partial charge is 0.471 e. The van der Waals surface area contributed by atoms with Gasteiger partial charge < -0.3 is 15.2 Å². The van der Waals surface area contributed by atoms with Crippen molar-refractivity contribution in [2.24, 2.45) is 5.92 Å². The molecule has 2 N–H and O–H groups in total. The summed E-state index contributed by atoms with van der Waals surface area (Å²) >= 11 is 0. The first-order valence-electron chi connectivity index (χ1n) is 9.10. The summed E-state index contributed by atoms with van der Waals surface area (Å²) in [5, 5.41) is 11.3. The van der Waals surface area contributed by atoms with E-state index in [2.05, 4.69) is 0 Å². The van der Waals surface area contributed by atoms with Crippen LogP contribution in [-0.2, 0) is 17.8 Å². The summed E-state index contributed by atoms with van der Waals surface area (Å²) in [6.45, 7) is 0.467. The number of ether oxygens (including phenoxy) is 1. The number of nitrogens with one attached hydrogen (secondary N) is 1. The van der Waals surface area contributed by atoms with Crippen LogP contribution in [0.1, 0.15) is 49.7 Å². The number of carbonyl (C=O) groups excluding carboxylic acids is 1. The number of aliphatic hydroxyl groups excluding tert-OH is 1. The van der Waals surface area contributed by atoms with E-state index in [-0.39, 0.29) is 13.2 Å². The zero-order chi connectivity index (χ0) is 19.0. The summed E-state index contributed by atoms with van der Waals surface area (Å²) in [6, 6.07) is 5.45. The van der Waals surface area contributed by atoms with Gasteiger partial charge >= 0.3 is 12.1 Å². The minimum Gasteiger partial charge on any atom is -0.493 e. The van der Waals surface area contributed by atoms with Crippen LogP contribution in [0.3, 0.4) is 0 Å². The Bertz CT molecular complexity index is 584. The van der Waals surface area contributed by atoms with E-state index in [4.69, 9.17) is 4.74 Å². The summed E-state index contributed by atoms with van der Waals surface area (Å²) in [4.78, 5) is 10.8. The number of halogens is 3. The molecule has 0 radical (unpaired) electrons. The van der Waals surface area contributed by atoms with Crippen molar-refractivity contribution in [3.8, 4) is 5.75 Å². The van der Waals surface area contributed by atoms with Crippen LogP contribution in [0.25, 0.3) is 0 Å². The Hall–Kier alpha value is -1.76. The van der Waals surface area contributed by atoms with Gasteiger partial charge in [-0.1, -0.05) is 25.3 Å². The Morgan fingerprint density at radius 1 is 1.15 bits per heavy atom. The third-order valence-electron chi connectivity index (χ3n) is 4.60. The van der Waals surface area contributed by atoms with Gasteiger partial charge in [0.05, 0.1) is 13.2 Å². The molecule has 0 unspecified atom stereocenters. The lowest BCUT2D eigenvalue weighted by Gasteiger charge is -2.22. The van der Waals surface area contributed by atoms with Crippen LogP contribution >= 0.6 is 0 Å². The summed E-state index contributed by atoms with van der Waals surface area (Å²) in [7, 11) is 0. The number of rotatable bonds is 8. The highest BCUT2D eigenvalue weighted by atomic mass is 19.4. The highest BCUT2D eigenvalue weighted by molar-refractivity contribution is 5.81. The van der Waals surface area contributed by atoms with Crippen LogP contribution in [0.4, 0.5) is 13.2 Å². The average Bonchev–Trinajstić information content (AvgIpc) is 2.63. The molecule has 1 saturated carbocycles. The van der Waals surface area contributed by atoms with Crippen LogP contribution in [0.2, 0.25) is 0 Å². The number of aliphatic hydroxyl groups is 1. The van der Waals surface area contributed by atoms with Crippen LogP contribution in [0, 0.1) is 5.92 Å². The number of benzene rings is 1. The average molecular weight is 373 g/mol. The van der Waals surface area contributed by atoms with E-state index in [0.29, 0.717) is 36.7 Å². The topological polar surface area (TPSA) is 58.6 Å². The number of carbonyl (C=O) groups is 1. The van der Waals surface area contributed by atoms with E-state index < -0.39 is 12.1 Å². The summed E-state index contributed by atoms with van der Waals surface area (Å²) < 4.78 is 42.3. The van der Waals surface area contributed by atoms with E-state index >= 15 is 0 Å². The molecular formula is C19H26F3NO3. The Kier molecular flexibility index (Phi) is 7.75. The highest BCUT2D eigenvalue weighted by Crippen LogP contribution is 2.26. The molecule has 1 aliphatic carbocycles. The second-order valence-corrected chi connectivity index (χ2v) is 6.82. The second-order valence-electron chi connectivity index (χ2n) is 6.82. The maximum Gasteiger partial charge on any atom is 0.471 e. The highest BCUT2D eigenvalue weighted by Gasteiger charge is 2.38. The predicted octanol–water partition coefficient (Wildman–Crippen LogP) is 3.75. The normalized spacial score (nSPS) is 15.7. The molecule has 0 aromatic heterocycles. The maximum atomic E-state index is 12.1. The molecule has 7 heteroatoms. The molecular weight excluding hydrogens is 347 g/mol. The monoisotopic (exact) mass is 373 g/mol. The van der Waals surface area contributed by atoms with E-state index in [9.17, 15) is 23.1 Å². The molecule has 0 spiro atoms. The van der Waals surface area contributed by atoms with Crippen molar-refractivity contribution in [2.75, 3.05) is 13.2 Å². The number of aryl methyl sites for hydroxylation is 1. The van der Waals surface area contributed by atoms with Crippen molar-refractivity contribution in [1.82, 2.24) is 5.32 Å². The van der Waals surface area contributed by atoms with Gasteiger partial charge in [0.25, 0.3) is 0 Å². The largest absolute Gasteiger partial charge is 0.493 e. The minimum absolute atomic E-state index is 0.0556. The summed E-state index contributed by atoms with van der Waals surface area (Å²) in [5.41, 5.74) is 1.58. The quantitative estimate of drug-likeness (QED) is 0.683. The Labute approximate surface area is 151 Å². The predicted molar refractivity (Wildman–Crippen MR) is 91.8 cm³/mol. The molecule has 0 saturated heterocycles. The standard InChI is InChI=1S/C19H26F3NO3/c20-19(21,22)18(25)23-8-4-7-15-9-16(12-24)11-17(10-15)26-13-14-5-2-1-3-6-14/h9-11,14,24H,1-8,12-13H2,(H,23,25). The summed E-state index contributed by atoms with van der Waals surface area (Å²) in [6.07, 6.45) is 2.11. The van der Waals surface area contributed by atoms with Gasteiger partial charge in [-0.2, -0.15) is 13.2 Å². The van der Waals surface area contributed by atoms with Gasteiger partial charge in [-0.25, -0.2) is 0 Å². The second kappa shape index (κ2) is 9.80. The van der Waals surface area contributed by atoms with Gasteiger partial charge in [-0.15, -0.1) is 0 Å². The first kappa shape index (κ1) is 20.6. The molecule has 1 aliphatic rings. The van der Waals surface area contributed by atoms with Crippen LogP contribution in [0.15, 0.2) is 18.2 Å². The Balaban J connectivity index is 1.84. The first-order chi connectivity index (χ1) is 12.4. The lowest BCUT2D eigenvalue weighted by atomic mass is 9.90. The van der Waals surface area contributed by atoms with Gasteiger partial charge in [0.15, 0.2) is 0 Å². The fourth-order valence-corrected chi connectivity index (χ4v) is 3.21. The number of alkyl halides is 3. The molecule has 1 aromatic rings. The SMILES string of the molecule is O=C(NCCCc1cc(CO)cc(OCC2CCCCC2)c1)C(F)(F)F. The minimum atomic E-state index is -4.85. The summed E-state index contributed by atoms with van der Waals surface area (Å²) in [5.74, 6) is -0.683. The third-order valence-corrected chi connectivity index (χ3v) is 4.60. The third kappa shape index (κ3) is 6.86. The van der Waals surface area contributed by atoms with Crippen molar-refractivity contribution in [2.45, 2.75) is 57.7 Å². The fourth-order valence-electron chi connectivity index (χ4n) is 3.21. The molecule has 26 heavy (non-hydrogen) atoms. The van der Waals surface area contributed by atoms with Gasteiger partial charge in [-0.05, 0) is 54.9 Å². The van der Waals surface area contributed by atoms with Crippen molar-refractivity contribution < 1.29 is 27.8 Å². The van der Waals surface area contributed by atoms with E-state index in [1.807, 2.05) is 11.4 Å². The van der Waals surface area contributed by atoms with E-state index in [1.165, 1.54) is 32.1 Å². The molecule has 146 valence electrons. The Morgan fingerprint density at radius 2 is 1.85 bits per heavy atom. The number of hydrogen-bond donors (Lipinski definition) is 2. The number of hydrogen-bond acceptors (Lipinski definition) is 3. The van der Waals surface area contributed by atoms with E-state index in [0.717, 1.165) is 5.56 Å². The van der Waals surface area contributed by atoms with Gasteiger partial charge in [0, 0.05) is 6.54 Å². The maximum absolute atomic E-state index is 12.1. The van der Waals surface area contributed by atoms with Crippen LogP contribution in [-0.4, -0.2) is 30.3 Å². The zero-order valence-corrected chi connectivity index (χ0v) is 14.8. The van der Waals surface area contributed by atoms with Crippen molar-refractivity contribution in [1.29, 1.82) is 0 Å². The van der Waals surface area contributed by atoms with Gasteiger partial charge in [0.2, 0.25) is 0 Å². The van der Waals surface area contributed by atoms with Crippen LogP contribution < -0.4 is 10.1 Å². The number of amides is 1. The van der Waals surface area contributed by atoms with Crippen molar-refractivity contribution in [3.05, 3.63) is 29.3 Å². The van der Waals surface area contributed by atoms with Crippen molar-refractivity contribution in [3.63, 3.8) is 0 Å². The van der Waals surface area contributed by atoms with Crippen LogP contribution in [0.5, 0.6) is 5.75 Å². The molecule has 1 aromatic carbocycles. The molecule has 1 fully saturated rings. The molecule has 4 nitrogen and oxygen atoms in total. The van der Waals surface area contributed by atoms with Gasteiger partial charge in [0.1, 0.15) is 5.75 Å². The lowest BCUT2D eigenvalue weighted by molar-refractivity contribution is -0.173. The van der Waals surface area contributed by atoms with Crippen molar-refractivity contribution >= 4 is 5.91 Å². The zero-order valence-electron chi connectivity index (χ0n) is 14.8. The molecule has 0 heterocycles. The molecule has 0 aliphatic heterocycles. The Morgan fingerprint density at radius 3 is 2.50 bits per heavy atom. The molecule has 1 amide bonds. The molecule has 0 bridgehead atoms.